The van der Waals surface area contributed by atoms with E-state index >= 15 is 0 Å². The van der Waals surface area contributed by atoms with Crippen LogP contribution in [-0.4, -0.2) is 57.4 Å². The van der Waals surface area contributed by atoms with Crippen molar-refractivity contribution in [1.82, 2.24) is 24.9 Å². The number of hydrogen-bond acceptors (Lipinski definition) is 6. The number of aryl methyl sites for hydroxylation is 1. The number of para-hydroxylation sites is 1. The Morgan fingerprint density at radius 1 is 1.05 bits per heavy atom. The minimum absolute atomic E-state index is 0.0330. The number of rotatable bonds is 8. The van der Waals surface area contributed by atoms with Crippen LogP contribution in [0.1, 0.15) is 29.9 Å². The summed E-state index contributed by atoms with van der Waals surface area (Å²) in [5.41, 5.74) is 4.36. The Labute approximate surface area is 226 Å². The van der Waals surface area contributed by atoms with Crippen molar-refractivity contribution in [3.63, 3.8) is 0 Å². The van der Waals surface area contributed by atoms with E-state index in [1.807, 2.05) is 68.7 Å². The number of anilines is 1. The highest BCUT2D eigenvalue weighted by atomic mass is 16.6. The predicted molar refractivity (Wildman–Crippen MR) is 147 cm³/mol. The van der Waals surface area contributed by atoms with E-state index < -0.39 is 5.97 Å². The average Bonchev–Trinajstić information content (AvgIpc) is 3.65. The molecule has 0 saturated heterocycles. The number of nitrogens with zero attached hydrogens (tertiary/aromatic N) is 4. The zero-order valence-corrected chi connectivity index (χ0v) is 22.2. The highest BCUT2D eigenvalue weighted by Gasteiger charge is 2.37. The summed E-state index contributed by atoms with van der Waals surface area (Å²) >= 11 is 0. The number of nitrogens with one attached hydrogen (secondary N) is 2. The first-order valence-corrected chi connectivity index (χ1v) is 12.9. The lowest BCUT2D eigenvalue weighted by Crippen LogP contribution is -2.40. The number of aromatic nitrogens is 4. The normalized spacial score (nSPS) is 18.6. The maximum atomic E-state index is 13.5. The molecule has 2 amide bonds. The second-order valence-corrected chi connectivity index (χ2v) is 9.67. The minimum atomic E-state index is -0.422. The van der Waals surface area contributed by atoms with Gasteiger partial charge in [0.15, 0.2) is 0 Å². The van der Waals surface area contributed by atoms with Gasteiger partial charge in [-0.25, -0.2) is 14.3 Å². The molecule has 1 fully saturated rings. The number of amides is 2. The fourth-order valence-corrected chi connectivity index (χ4v) is 5.13. The molecule has 0 unspecified atom stereocenters. The van der Waals surface area contributed by atoms with Crippen molar-refractivity contribution in [2.75, 3.05) is 19.0 Å². The number of benzene rings is 2. The van der Waals surface area contributed by atoms with Crippen molar-refractivity contribution in [3.05, 3.63) is 84.2 Å². The molecule has 2 heterocycles. The van der Waals surface area contributed by atoms with E-state index in [0.29, 0.717) is 18.7 Å². The number of esters is 1. The van der Waals surface area contributed by atoms with E-state index in [9.17, 15) is 9.59 Å². The van der Waals surface area contributed by atoms with Crippen molar-refractivity contribution in [2.45, 2.75) is 37.8 Å². The summed E-state index contributed by atoms with van der Waals surface area (Å²) in [6, 6.07) is 19.2. The summed E-state index contributed by atoms with van der Waals surface area (Å²) in [6.45, 7) is 1.82. The number of urea groups is 1. The van der Waals surface area contributed by atoms with Gasteiger partial charge in [-0.3, -0.25) is 10.00 Å². The molecule has 10 heteroatoms. The Morgan fingerprint density at radius 2 is 1.77 bits per heavy atom. The molecule has 10 nitrogen and oxygen atoms in total. The lowest BCUT2D eigenvalue weighted by atomic mass is 9.94. The van der Waals surface area contributed by atoms with Crippen LogP contribution < -0.4 is 10.6 Å². The smallest absolute Gasteiger partial charge is 0.331 e. The first-order valence-electron chi connectivity index (χ1n) is 12.9. The van der Waals surface area contributed by atoms with Crippen LogP contribution in [0, 0.1) is 6.92 Å². The Hall–Kier alpha value is -4.44. The Kier molecular flexibility index (Phi) is 7.74. The van der Waals surface area contributed by atoms with Crippen LogP contribution in [0.5, 0.6) is 0 Å². The van der Waals surface area contributed by atoms with Gasteiger partial charge in [0.2, 0.25) is 0 Å². The van der Waals surface area contributed by atoms with Crippen LogP contribution in [0.25, 0.3) is 16.9 Å². The molecule has 2 aromatic heterocycles. The third-order valence-electron chi connectivity index (χ3n) is 7.06. The minimum Gasteiger partial charge on any atom is -0.467 e. The molecule has 2 aromatic carbocycles. The highest BCUT2D eigenvalue weighted by molar-refractivity contribution is 5.91. The number of carbonyl (C=O) groups excluding carboxylic acids is 2. The summed E-state index contributed by atoms with van der Waals surface area (Å²) in [4.78, 5) is 25.1. The fraction of sp³-hybridized carbons (Fsp3) is 0.310. The van der Waals surface area contributed by atoms with Gasteiger partial charge in [0.1, 0.15) is 18.1 Å². The SMILES string of the molecule is COC(=O)CO[C@@H]1C[C@@H](NC(=O)Nc2c(C)c(-c3cnn(C)c3)nn2-c2ccccc2)[C@H](c2ccccc2)C1. The highest BCUT2D eigenvalue weighted by Crippen LogP contribution is 2.37. The van der Waals surface area contributed by atoms with Crippen LogP contribution in [0.15, 0.2) is 73.1 Å². The quantitative estimate of drug-likeness (QED) is 0.332. The van der Waals surface area contributed by atoms with E-state index in [-0.39, 0.29) is 30.7 Å². The van der Waals surface area contributed by atoms with Crippen LogP contribution >= 0.6 is 0 Å². The van der Waals surface area contributed by atoms with E-state index in [1.165, 1.54) is 7.11 Å². The molecule has 0 bridgehead atoms. The molecule has 5 rings (SSSR count). The third kappa shape index (κ3) is 5.85. The Bertz CT molecular complexity index is 1430. The molecule has 1 saturated carbocycles. The van der Waals surface area contributed by atoms with Gasteiger partial charge in [-0.15, -0.1) is 0 Å². The van der Waals surface area contributed by atoms with Gasteiger partial charge in [0.05, 0.1) is 25.1 Å². The maximum Gasteiger partial charge on any atom is 0.331 e. The van der Waals surface area contributed by atoms with Gasteiger partial charge < -0.3 is 14.8 Å². The van der Waals surface area contributed by atoms with Gasteiger partial charge >= 0.3 is 12.0 Å². The first-order chi connectivity index (χ1) is 18.9. The molecule has 2 N–H and O–H groups in total. The molecular formula is C29H32N6O4. The molecule has 0 aliphatic heterocycles. The first kappa shape index (κ1) is 26.2. The lowest BCUT2D eigenvalue weighted by molar-refractivity contribution is -0.147. The Morgan fingerprint density at radius 3 is 2.44 bits per heavy atom. The molecule has 4 aromatic rings. The van der Waals surface area contributed by atoms with Crippen LogP contribution in [0.3, 0.4) is 0 Å². The van der Waals surface area contributed by atoms with Crippen molar-refractivity contribution in [3.8, 4) is 16.9 Å². The molecule has 0 radical (unpaired) electrons. The van der Waals surface area contributed by atoms with E-state index in [2.05, 4.69) is 27.9 Å². The second-order valence-electron chi connectivity index (χ2n) is 9.67. The van der Waals surface area contributed by atoms with E-state index in [1.54, 1.807) is 15.6 Å². The lowest BCUT2D eigenvalue weighted by Gasteiger charge is -2.21. The van der Waals surface area contributed by atoms with Gasteiger partial charge in [-0.1, -0.05) is 48.5 Å². The van der Waals surface area contributed by atoms with Gasteiger partial charge in [-0.05, 0) is 37.5 Å². The number of ether oxygens (including phenoxy) is 2. The van der Waals surface area contributed by atoms with Gasteiger partial charge in [0, 0.05) is 36.3 Å². The fourth-order valence-electron chi connectivity index (χ4n) is 5.13. The molecule has 1 aliphatic rings. The van der Waals surface area contributed by atoms with Crippen LogP contribution in [0.2, 0.25) is 0 Å². The van der Waals surface area contributed by atoms with Crippen molar-refractivity contribution in [2.24, 2.45) is 7.05 Å². The molecular weight excluding hydrogens is 496 g/mol. The molecule has 0 spiro atoms. The standard InChI is InChI=1S/C29H32N6O4/c1-19-27(21-16-30-34(2)17-21)33-35(22-12-8-5-9-13-22)28(19)32-29(37)31-25-15-23(39-18-26(36)38-3)14-24(25)20-10-6-4-7-11-20/h4-13,16-17,23-25H,14-15,18H2,1-3H3,(H2,31,32,37)/t23-,24-,25+/m0/s1. The van der Waals surface area contributed by atoms with Crippen molar-refractivity contribution < 1.29 is 19.1 Å². The number of hydrogen-bond donors (Lipinski definition) is 2. The average molecular weight is 529 g/mol. The summed E-state index contributed by atoms with van der Waals surface area (Å²) in [6.07, 6.45) is 4.71. The third-order valence-corrected chi connectivity index (χ3v) is 7.06. The van der Waals surface area contributed by atoms with Crippen LogP contribution in [0.4, 0.5) is 10.6 Å². The van der Waals surface area contributed by atoms with Crippen molar-refractivity contribution >= 4 is 17.8 Å². The summed E-state index contributed by atoms with van der Waals surface area (Å²) in [5, 5.41) is 15.3. The molecule has 3 atom stereocenters. The zero-order chi connectivity index (χ0) is 27.4. The topological polar surface area (TPSA) is 112 Å². The van der Waals surface area contributed by atoms with E-state index in [0.717, 1.165) is 28.1 Å². The number of carbonyl (C=O) groups is 2. The summed E-state index contributed by atoms with van der Waals surface area (Å²) < 4.78 is 14.0. The summed E-state index contributed by atoms with van der Waals surface area (Å²) in [7, 11) is 3.19. The maximum absolute atomic E-state index is 13.5. The second kappa shape index (κ2) is 11.5. The number of methoxy groups -OCH3 is 1. The van der Waals surface area contributed by atoms with Crippen molar-refractivity contribution in [1.29, 1.82) is 0 Å². The van der Waals surface area contributed by atoms with E-state index in [4.69, 9.17) is 14.6 Å². The zero-order valence-electron chi connectivity index (χ0n) is 22.2. The molecule has 1 aliphatic carbocycles. The monoisotopic (exact) mass is 528 g/mol. The summed E-state index contributed by atoms with van der Waals surface area (Å²) in [5.74, 6) is 0.186. The van der Waals surface area contributed by atoms with Gasteiger partial charge in [0.25, 0.3) is 0 Å². The van der Waals surface area contributed by atoms with Crippen LogP contribution in [-0.2, 0) is 21.3 Å². The largest absolute Gasteiger partial charge is 0.467 e. The molecule has 202 valence electrons. The Balaban J connectivity index is 1.39. The van der Waals surface area contributed by atoms with Gasteiger partial charge in [-0.2, -0.15) is 10.2 Å². The molecule has 39 heavy (non-hydrogen) atoms. The predicted octanol–water partition coefficient (Wildman–Crippen LogP) is 4.21.